The van der Waals surface area contributed by atoms with Crippen LogP contribution in [0.4, 0.5) is 5.69 Å². The first-order valence-corrected chi connectivity index (χ1v) is 9.30. The van der Waals surface area contributed by atoms with Crippen LogP contribution in [0, 0.1) is 0 Å². The van der Waals surface area contributed by atoms with E-state index in [1.165, 1.54) is 23.5 Å². The number of benzene rings is 1. The summed E-state index contributed by atoms with van der Waals surface area (Å²) in [5.41, 5.74) is 2.47. The third-order valence-electron chi connectivity index (χ3n) is 3.25. The summed E-state index contributed by atoms with van der Waals surface area (Å²) in [5, 5.41) is 0. The predicted molar refractivity (Wildman–Crippen MR) is 75.3 cm³/mol. The monoisotopic (exact) mass is 319 g/mol. The molecular weight excluding hydrogens is 302 g/mol. The summed E-state index contributed by atoms with van der Waals surface area (Å²) in [6, 6.07) is 3.79. The predicted octanol–water partition coefficient (Wildman–Crippen LogP) is 0.159. The van der Waals surface area contributed by atoms with Gasteiger partial charge in [0, 0.05) is 19.3 Å². The summed E-state index contributed by atoms with van der Waals surface area (Å²) < 4.78 is 49.4. The Morgan fingerprint density at radius 2 is 1.85 bits per heavy atom. The van der Waals surface area contributed by atoms with Gasteiger partial charge in [-0.1, -0.05) is 0 Å². The molecule has 1 fully saturated rings. The molecule has 7 nitrogen and oxygen atoms in total. The Balaban J connectivity index is 2.59. The summed E-state index contributed by atoms with van der Waals surface area (Å²) in [5.74, 6) is 5.32. The van der Waals surface area contributed by atoms with Crippen molar-refractivity contribution in [3.8, 4) is 0 Å². The van der Waals surface area contributed by atoms with Crippen molar-refractivity contribution < 1.29 is 16.8 Å². The average molecular weight is 319 g/mol. The maximum Gasteiger partial charge on any atom is 0.245 e. The molecule has 2 rings (SSSR count). The first-order valence-electron chi connectivity index (χ1n) is 5.96. The summed E-state index contributed by atoms with van der Waals surface area (Å²) >= 11 is 0. The van der Waals surface area contributed by atoms with Gasteiger partial charge in [0.05, 0.1) is 10.6 Å². The van der Waals surface area contributed by atoms with Gasteiger partial charge in [0.1, 0.15) is 4.90 Å². The maximum atomic E-state index is 12.5. The van der Waals surface area contributed by atoms with E-state index in [1.807, 2.05) is 0 Å². The zero-order chi connectivity index (χ0) is 15.1. The number of nitrogens with zero attached hydrogens (tertiary/aromatic N) is 1. The SMILES string of the molecule is CN(C1CC1)S(=O)(=O)c1cc(S(C)(=O)=O)ccc1NN. The number of hydrogen-bond donors (Lipinski definition) is 2. The highest BCUT2D eigenvalue weighted by Crippen LogP contribution is 2.33. The van der Waals surface area contributed by atoms with Crippen LogP contribution in [0.15, 0.2) is 28.0 Å². The third-order valence-corrected chi connectivity index (χ3v) is 6.32. The Kier molecular flexibility index (Phi) is 3.80. The van der Waals surface area contributed by atoms with Crippen molar-refractivity contribution >= 4 is 25.5 Å². The average Bonchev–Trinajstić information content (AvgIpc) is 3.20. The second-order valence-corrected chi connectivity index (χ2v) is 8.81. The van der Waals surface area contributed by atoms with E-state index in [1.54, 1.807) is 0 Å². The minimum atomic E-state index is -3.77. The van der Waals surface area contributed by atoms with Crippen molar-refractivity contribution in [1.82, 2.24) is 4.31 Å². The van der Waals surface area contributed by atoms with Crippen molar-refractivity contribution in [3.63, 3.8) is 0 Å². The molecule has 0 saturated heterocycles. The van der Waals surface area contributed by atoms with Crippen molar-refractivity contribution in [1.29, 1.82) is 0 Å². The molecule has 9 heteroatoms. The van der Waals surface area contributed by atoms with Crippen LogP contribution in [-0.2, 0) is 19.9 Å². The number of hydrogen-bond acceptors (Lipinski definition) is 6. The number of anilines is 1. The third kappa shape index (κ3) is 2.80. The Bertz CT molecular complexity index is 724. The van der Waals surface area contributed by atoms with Crippen LogP contribution in [0.1, 0.15) is 12.8 Å². The molecule has 0 aliphatic heterocycles. The molecule has 0 aromatic heterocycles. The molecule has 0 heterocycles. The quantitative estimate of drug-likeness (QED) is 0.591. The number of hydrazine groups is 1. The van der Waals surface area contributed by atoms with Crippen LogP contribution >= 0.6 is 0 Å². The molecule has 112 valence electrons. The van der Waals surface area contributed by atoms with Gasteiger partial charge in [0.15, 0.2) is 9.84 Å². The van der Waals surface area contributed by atoms with Crippen LogP contribution in [0.25, 0.3) is 0 Å². The van der Waals surface area contributed by atoms with Crippen LogP contribution in [0.5, 0.6) is 0 Å². The van der Waals surface area contributed by atoms with Gasteiger partial charge in [0.2, 0.25) is 10.0 Å². The summed E-state index contributed by atoms with van der Waals surface area (Å²) in [6.07, 6.45) is 2.65. The second kappa shape index (κ2) is 4.99. The normalized spacial score (nSPS) is 16.4. The topological polar surface area (TPSA) is 110 Å². The van der Waals surface area contributed by atoms with Gasteiger partial charge in [-0.25, -0.2) is 16.8 Å². The van der Waals surface area contributed by atoms with E-state index < -0.39 is 19.9 Å². The molecule has 1 saturated carbocycles. The largest absolute Gasteiger partial charge is 0.323 e. The first-order chi connectivity index (χ1) is 9.17. The molecule has 1 aliphatic rings. The number of rotatable bonds is 5. The van der Waals surface area contributed by atoms with Gasteiger partial charge in [-0.2, -0.15) is 4.31 Å². The first kappa shape index (κ1) is 15.2. The van der Waals surface area contributed by atoms with Gasteiger partial charge in [-0.05, 0) is 31.0 Å². The molecule has 20 heavy (non-hydrogen) atoms. The van der Waals surface area contributed by atoms with Crippen LogP contribution < -0.4 is 11.3 Å². The van der Waals surface area contributed by atoms with Crippen LogP contribution in [-0.4, -0.2) is 40.5 Å². The molecule has 0 amide bonds. The van der Waals surface area contributed by atoms with Crippen molar-refractivity contribution in [2.75, 3.05) is 18.7 Å². The lowest BCUT2D eigenvalue weighted by Crippen LogP contribution is -2.30. The highest BCUT2D eigenvalue weighted by molar-refractivity contribution is 7.91. The van der Waals surface area contributed by atoms with E-state index >= 15 is 0 Å². The molecule has 0 unspecified atom stereocenters. The number of nitrogen functional groups attached to an aromatic ring is 1. The molecule has 3 N–H and O–H groups in total. The van der Waals surface area contributed by atoms with Crippen molar-refractivity contribution in [2.24, 2.45) is 5.84 Å². The number of nitrogens with one attached hydrogen (secondary N) is 1. The number of sulfonamides is 1. The Hall–Kier alpha value is -1.16. The second-order valence-electron chi connectivity index (χ2n) is 4.83. The highest BCUT2D eigenvalue weighted by atomic mass is 32.2. The van der Waals surface area contributed by atoms with Crippen molar-refractivity contribution in [2.45, 2.75) is 28.7 Å². The van der Waals surface area contributed by atoms with Crippen LogP contribution in [0.2, 0.25) is 0 Å². The summed E-state index contributed by atoms with van der Waals surface area (Å²) in [6.45, 7) is 0. The van der Waals surface area contributed by atoms with Crippen molar-refractivity contribution in [3.05, 3.63) is 18.2 Å². The smallest absolute Gasteiger partial charge is 0.245 e. The molecular formula is C11H17N3O4S2. The zero-order valence-electron chi connectivity index (χ0n) is 11.2. The fourth-order valence-corrected chi connectivity index (χ4v) is 4.17. The molecule has 1 aliphatic carbocycles. The van der Waals surface area contributed by atoms with E-state index in [2.05, 4.69) is 5.43 Å². The fourth-order valence-electron chi connectivity index (χ4n) is 1.86. The minimum Gasteiger partial charge on any atom is -0.323 e. The molecule has 0 bridgehead atoms. The van der Waals surface area contributed by atoms with E-state index in [-0.39, 0.29) is 21.5 Å². The van der Waals surface area contributed by atoms with E-state index in [9.17, 15) is 16.8 Å². The standard InChI is InChI=1S/C11H17N3O4S2/c1-14(8-3-4-8)20(17,18)11-7-9(19(2,15)16)5-6-10(11)13-12/h5-8,13H,3-4,12H2,1-2H3. The molecule has 0 radical (unpaired) electrons. The summed E-state index contributed by atoms with van der Waals surface area (Å²) in [7, 11) is -5.78. The Labute approximate surface area is 118 Å². The van der Waals surface area contributed by atoms with E-state index in [0.717, 1.165) is 25.2 Å². The van der Waals surface area contributed by atoms with E-state index in [0.29, 0.717) is 0 Å². The molecule has 0 atom stereocenters. The van der Waals surface area contributed by atoms with Crippen LogP contribution in [0.3, 0.4) is 0 Å². The van der Waals surface area contributed by atoms with E-state index in [4.69, 9.17) is 5.84 Å². The Morgan fingerprint density at radius 3 is 2.30 bits per heavy atom. The number of sulfone groups is 1. The van der Waals surface area contributed by atoms with Gasteiger partial charge >= 0.3 is 0 Å². The summed E-state index contributed by atoms with van der Waals surface area (Å²) in [4.78, 5) is -0.184. The van der Waals surface area contributed by atoms with Gasteiger partial charge in [0.25, 0.3) is 0 Å². The fraction of sp³-hybridized carbons (Fsp3) is 0.455. The number of nitrogens with two attached hydrogens (primary N) is 1. The lowest BCUT2D eigenvalue weighted by molar-refractivity contribution is 0.464. The Morgan fingerprint density at radius 1 is 1.25 bits per heavy atom. The molecule has 0 spiro atoms. The molecule has 1 aromatic rings. The highest BCUT2D eigenvalue weighted by Gasteiger charge is 2.36. The minimum absolute atomic E-state index is 0.0208. The van der Waals surface area contributed by atoms with Gasteiger partial charge in [-0.15, -0.1) is 0 Å². The lowest BCUT2D eigenvalue weighted by Gasteiger charge is -2.19. The lowest BCUT2D eigenvalue weighted by atomic mass is 10.3. The van der Waals surface area contributed by atoms with Gasteiger partial charge < -0.3 is 5.43 Å². The zero-order valence-corrected chi connectivity index (χ0v) is 12.8. The maximum absolute atomic E-state index is 12.5. The molecule has 1 aromatic carbocycles. The van der Waals surface area contributed by atoms with Gasteiger partial charge in [-0.3, -0.25) is 5.84 Å².